The van der Waals surface area contributed by atoms with E-state index in [-0.39, 0.29) is 6.04 Å². The molecular formula is C19H28N4O2. The Bertz CT molecular complexity index is 709. The largest absolute Gasteiger partial charge is 0.497 e. The van der Waals surface area contributed by atoms with Crippen LogP contribution in [0.1, 0.15) is 43.9 Å². The molecule has 0 amide bonds. The fourth-order valence-electron chi connectivity index (χ4n) is 3.91. The lowest BCUT2D eigenvalue weighted by atomic mass is 9.86. The molecular weight excluding hydrogens is 316 g/mol. The molecule has 1 aromatic carbocycles. The van der Waals surface area contributed by atoms with E-state index in [1.54, 1.807) is 7.11 Å². The predicted octanol–water partition coefficient (Wildman–Crippen LogP) is 2.49. The lowest BCUT2D eigenvalue weighted by Crippen LogP contribution is -2.45. The molecule has 1 aromatic heterocycles. The number of hydrogen-bond acceptors (Lipinski definition) is 5. The lowest BCUT2D eigenvalue weighted by Gasteiger charge is -2.37. The maximum Gasteiger partial charge on any atom is 0.147 e. The van der Waals surface area contributed by atoms with Gasteiger partial charge in [-0.2, -0.15) is 0 Å². The fraction of sp³-hybridized carbons (Fsp3) is 0.579. The second-order valence-corrected chi connectivity index (χ2v) is 6.91. The smallest absolute Gasteiger partial charge is 0.147 e. The van der Waals surface area contributed by atoms with Crippen molar-refractivity contribution in [1.29, 1.82) is 0 Å². The lowest BCUT2D eigenvalue weighted by molar-refractivity contribution is -0.0264. The highest BCUT2D eigenvalue weighted by Crippen LogP contribution is 2.36. The van der Waals surface area contributed by atoms with Gasteiger partial charge >= 0.3 is 0 Å². The molecule has 0 bridgehead atoms. The summed E-state index contributed by atoms with van der Waals surface area (Å²) in [7, 11) is 1.65. The van der Waals surface area contributed by atoms with Crippen LogP contribution in [0.15, 0.2) is 24.3 Å². The van der Waals surface area contributed by atoms with Gasteiger partial charge in [0.2, 0.25) is 0 Å². The van der Waals surface area contributed by atoms with Crippen molar-refractivity contribution in [3.8, 4) is 5.75 Å². The summed E-state index contributed by atoms with van der Waals surface area (Å²) in [6.45, 7) is 8.54. The van der Waals surface area contributed by atoms with E-state index < -0.39 is 5.60 Å². The van der Waals surface area contributed by atoms with E-state index in [9.17, 15) is 5.11 Å². The Hall–Kier alpha value is -1.92. The van der Waals surface area contributed by atoms with Crippen LogP contribution in [0.4, 0.5) is 0 Å². The summed E-state index contributed by atoms with van der Waals surface area (Å²) in [4.78, 5) is 2.33. The Labute approximate surface area is 149 Å². The van der Waals surface area contributed by atoms with Gasteiger partial charge in [0.05, 0.1) is 13.7 Å². The van der Waals surface area contributed by atoms with Crippen molar-refractivity contribution >= 4 is 0 Å². The Morgan fingerprint density at radius 2 is 2.00 bits per heavy atom. The zero-order valence-corrected chi connectivity index (χ0v) is 15.6. The molecule has 2 heterocycles. The van der Waals surface area contributed by atoms with Crippen LogP contribution < -0.4 is 4.74 Å². The second kappa shape index (κ2) is 7.14. The summed E-state index contributed by atoms with van der Waals surface area (Å²) in [5.74, 6) is 2.71. The molecule has 136 valence electrons. The first-order valence-corrected chi connectivity index (χ1v) is 8.97. The van der Waals surface area contributed by atoms with Crippen LogP contribution in [-0.4, -0.2) is 44.5 Å². The number of nitrogens with zero attached hydrogens (tertiary/aromatic N) is 4. The molecule has 2 atom stereocenters. The predicted molar refractivity (Wildman–Crippen MR) is 96.4 cm³/mol. The first kappa shape index (κ1) is 17.9. The van der Waals surface area contributed by atoms with Crippen LogP contribution in [-0.2, 0) is 18.7 Å². The molecule has 1 saturated heterocycles. The molecule has 0 aliphatic carbocycles. The number of hydrogen-bond donors (Lipinski definition) is 1. The number of aromatic nitrogens is 3. The maximum atomic E-state index is 11.3. The second-order valence-electron chi connectivity index (χ2n) is 6.91. The van der Waals surface area contributed by atoms with Gasteiger partial charge in [-0.3, -0.25) is 4.90 Å². The van der Waals surface area contributed by atoms with E-state index in [1.807, 2.05) is 38.1 Å². The molecule has 0 radical (unpaired) electrons. The van der Waals surface area contributed by atoms with Gasteiger partial charge in [-0.1, -0.05) is 12.1 Å². The highest BCUT2D eigenvalue weighted by atomic mass is 16.5. The van der Waals surface area contributed by atoms with Gasteiger partial charge in [0.15, 0.2) is 0 Å². The van der Waals surface area contributed by atoms with Gasteiger partial charge in [-0.05, 0) is 57.9 Å². The normalized spacial score (nSPS) is 20.6. The van der Waals surface area contributed by atoms with Gasteiger partial charge < -0.3 is 14.4 Å². The topological polar surface area (TPSA) is 63.4 Å². The van der Waals surface area contributed by atoms with E-state index in [4.69, 9.17) is 4.74 Å². The number of methoxy groups -OCH3 is 1. The van der Waals surface area contributed by atoms with Gasteiger partial charge in [0, 0.05) is 12.6 Å². The highest BCUT2D eigenvalue weighted by Gasteiger charge is 2.40. The van der Waals surface area contributed by atoms with Crippen LogP contribution in [0.5, 0.6) is 5.75 Å². The molecule has 0 spiro atoms. The first-order valence-electron chi connectivity index (χ1n) is 8.97. The summed E-state index contributed by atoms with van der Waals surface area (Å²) in [6.07, 6.45) is 2.05. The van der Waals surface area contributed by atoms with E-state index in [2.05, 4.69) is 26.6 Å². The minimum Gasteiger partial charge on any atom is -0.497 e. The molecule has 1 aliphatic heterocycles. The Morgan fingerprint density at radius 1 is 1.28 bits per heavy atom. The van der Waals surface area contributed by atoms with Gasteiger partial charge in [0.1, 0.15) is 23.0 Å². The van der Waals surface area contributed by atoms with E-state index in [0.717, 1.165) is 48.9 Å². The molecule has 6 nitrogen and oxygen atoms in total. The third-order valence-electron chi connectivity index (χ3n) is 5.36. The molecule has 25 heavy (non-hydrogen) atoms. The zero-order chi connectivity index (χ0) is 18.0. The standard InChI is InChI=1S/C19H28N4O2/c1-5-23-14(2)20-21-18(23)13-22-12-6-7-17(22)19(3,24)15-8-10-16(25-4)11-9-15/h8-11,17,24H,5-7,12-13H2,1-4H3/t17-,19-/m0/s1. The van der Waals surface area contributed by atoms with Crippen molar-refractivity contribution < 1.29 is 9.84 Å². The molecule has 0 saturated carbocycles. The molecule has 2 aromatic rings. The van der Waals surface area contributed by atoms with E-state index in [0.29, 0.717) is 6.54 Å². The van der Waals surface area contributed by atoms with Gasteiger partial charge in [0.25, 0.3) is 0 Å². The van der Waals surface area contributed by atoms with Gasteiger partial charge in [-0.25, -0.2) is 0 Å². The molecule has 3 rings (SSSR count). The zero-order valence-electron chi connectivity index (χ0n) is 15.6. The number of aryl methyl sites for hydroxylation is 1. The Balaban J connectivity index is 1.81. The van der Waals surface area contributed by atoms with Crippen LogP contribution >= 0.6 is 0 Å². The van der Waals surface area contributed by atoms with Crippen molar-refractivity contribution in [2.24, 2.45) is 0 Å². The summed E-state index contributed by atoms with van der Waals surface area (Å²) < 4.78 is 7.36. The van der Waals surface area contributed by atoms with Crippen LogP contribution in [0.25, 0.3) is 0 Å². The third-order valence-corrected chi connectivity index (χ3v) is 5.36. The van der Waals surface area contributed by atoms with Crippen molar-refractivity contribution in [3.05, 3.63) is 41.5 Å². The van der Waals surface area contributed by atoms with Crippen molar-refractivity contribution in [2.75, 3.05) is 13.7 Å². The number of rotatable bonds is 6. The van der Waals surface area contributed by atoms with Crippen LogP contribution in [0.3, 0.4) is 0 Å². The SMILES string of the molecule is CCn1c(C)nnc1CN1CCC[C@H]1[C@@](C)(O)c1ccc(OC)cc1. The molecule has 1 N–H and O–H groups in total. The minimum absolute atomic E-state index is 0.0585. The van der Waals surface area contributed by atoms with E-state index in [1.165, 1.54) is 0 Å². The highest BCUT2D eigenvalue weighted by molar-refractivity contribution is 5.31. The van der Waals surface area contributed by atoms with Gasteiger partial charge in [-0.15, -0.1) is 10.2 Å². The molecule has 6 heteroatoms. The monoisotopic (exact) mass is 344 g/mol. The minimum atomic E-state index is -0.922. The van der Waals surface area contributed by atoms with Crippen LogP contribution in [0.2, 0.25) is 0 Å². The Kier molecular flexibility index (Phi) is 5.11. The molecule has 1 aliphatic rings. The summed E-state index contributed by atoms with van der Waals surface area (Å²) in [6, 6.07) is 7.77. The first-order chi connectivity index (χ1) is 12.0. The van der Waals surface area contributed by atoms with Crippen molar-refractivity contribution in [2.45, 2.75) is 58.3 Å². The summed E-state index contributed by atoms with van der Waals surface area (Å²) in [5.41, 5.74) is -0.00662. The molecule has 1 fully saturated rings. The Morgan fingerprint density at radius 3 is 2.64 bits per heavy atom. The van der Waals surface area contributed by atoms with E-state index >= 15 is 0 Å². The van der Waals surface area contributed by atoms with Crippen molar-refractivity contribution in [1.82, 2.24) is 19.7 Å². The fourth-order valence-corrected chi connectivity index (χ4v) is 3.91. The number of benzene rings is 1. The number of likely N-dealkylation sites (tertiary alicyclic amines) is 1. The maximum absolute atomic E-state index is 11.3. The summed E-state index contributed by atoms with van der Waals surface area (Å²) >= 11 is 0. The third kappa shape index (κ3) is 3.41. The average Bonchev–Trinajstić information content (AvgIpc) is 3.22. The number of ether oxygens (including phenoxy) is 1. The molecule has 0 unspecified atom stereocenters. The van der Waals surface area contributed by atoms with Crippen molar-refractivity contribution in [3.63, 3.8) is 0 Å². The van der Waals surface area contributed by atoms with Crippen LogP contribution in [0, 0.1) is 6.92 Å². The summed E-state index contributed by atoms with van der Waals surface area (Å²) in [5, 5.41) is 19.8. The average molecular weight is 344 g/mol. The number of aliphatic hydroxyl groups is 1. The quantitative estimate of drug-likeness (QED) is 0.872.